The number of rotatable bonds is 4. The molecule has 0 radical (unpaired) electrons. The molecule has 1 saturated heterocycles. The summed E-state index contributed by atoms with van der Waals surface area (Å²) in [4.78, 5) is 14.3. The highest BCUT2D eigenvalue weighted by atomic mass is 16.5. The van der Waals surface area contributed by atoms with Crippen molar-refractivity contribution in [2.45, 2.75) is 44.9 Å². The van der Waals surface area contributed by atoms with Gasteiger partial charge in [-0.1, -0.05) is 37.3 Å². The van der Waals surface area contributed by atoms with Crippen molar-refractivity contribution in [1.82, 2.24) is 4.90 Å². The lowest BCUT2D eigenvalue weighted by molar-refractivity contribution is -0.145. The van der Waals surface area contributed by atoms with Crippen LogP contribution in [0.15, 0.2) is 30.3 Å². The van der Waals surface area contributed by atoms with Gasteiger partial charge in [-0.05, 0) is 25.3 Å². The van der Waals surface area contributed by atoms with Crippen LogP contribution >= 0.6 is 0 Å². The third kappa shape index (κ3) is 3.81. The smallest absolute Gasteiger partial charge is 0.240 e. The van der Waals surface area contributed by atoms with Crippen molar-refractivity contribution in [1.29, 1.82) is 0 Å². The summed E-state index contributed by atoms with van der Waals surface area (Å²) in [5.41, 5.74) is 7.18. The fraction of sp³-hybridized carbons (Fsp3) is 0.562. The number of hydrogen-bond donors (Lipinski definition) is 1. The first kappa shape index (κ1) is 15.0. The number of ether oxygens (including phenoxy) is 1. The topological polar surface area (TPSA) is 55.6 Å². The SMILES string of the molecule is CC[C@H]1CN(C(=O)[C@@H](N)Cc2ccccc2)C[C@@H](C)O1. The van der Waals surface area contributed by atoms with Crippen LogP contribution in [0.1, 0.15) is 25.8 Å². The molecule has 4 nitrogen and oxygen atoms in total. The second-order valence-corrected chi connectivity index (χ2v) is 5.52. The average molecular weight is 276 g/mol. The number of morpholine rings is 1. The molecule has 0 bridgehead atoms. The van der Waals surface area contributed by atoms with E-state index in [-0.39, 0.29) is 18.1 Å². The molecule has 1 amide bonds. The highest BCUT2D eigenvalue weighted by molar-refractivity contribution is 5.82. The Hall–Kier alpha value is -1.39. The number of nitrogens with zero attached hydrogens (tertiary/aromatic N) is 1. The zero-order valence-corrected chi connectivity index (χ0v) is 12.3. The van der Waals surface area contributed by atoms with E-state index in [4.69, 9.17) is 10.5 Å². The molecule has 1 aromatic rings. The van der Waals surface area contributed by atoms with Gasteiger partial charge in [-0.15, -0.1) is 0 Å². The summed E-state index contributed by atoms with van der Waals surface area (Å²) in [7, 11) is 0. The molecular formula is C16H24N2O2. The average Bonchev–Trinajstić information content (AvgIpc) is 2.46. The molecule has 0 aromatic heterocycles. The van der Waals surface area contributed by atoms with Crippen molar-refractivity contribution in [3.63, 3.8) is 0 Å². The fourth-order valence-electron chi connectivity index (χ4n) is 2.64. The molecule has 1 aliphatic rings. The summed E-state index contributed by atoms with van der Waals surface area (Å²) >= 11 is 0. The van der Waals surface area contributed by atoms with Gasteiger partial charge in [-0.25, -0.2) is 0 Å². The van der Waals surface area contributed by atoms with Crippen molar-refractivity contribution in [2.24, 2.45) is 5.73 Å². The largest absolute Gasteiger partial charge is 0.372 e. The molecule has 1 fully saturated rings. The third-order valence-electron chi connectivity index (χ3n) is 3.71. The summed E-state index contributed by atoms with van der Waals surface area (Å²) in [5, 5.41) is 0. The van der Waals surface area contributed by atoms with E-state index in [0.717, 1.165) is 12.0 Å². The van der Waals surface area contributed by atoms with E-state index in [0.29, 0.717) is 19.5 Å². The minimum absolute atomic E-state index is 0.0300. The quantitative estimate of drug-likeness (QED) is 0.908. The number of carbonyl (C=O) groups is 1. The molecule has 2 rings (SSSR count). The van der Waals surface area contributed by atoms with Crippen molar-refractivity contribution in [3.8, 4) is 0 Å². The number of benzene rings is 1. The zero-order chi connectivity index (χ0) is 14.5. The van der Waals surface area contributed by atoms with Crippen molar-refractivity contribution in [2.75, 3.05) is 13.1 Å². The van der Waals surface area contributed by atoms with Crippen LogP contribution in [-0.2, 0) is 16.0 Å². The molecule has 2 N–H and O–H groups in total. The monoisotopic (exact) mass is 276 g/mol. The molecule has 4 heteroatoms. The summed E-state index contributed by atoms with van der Waals surface area (Å²) < 4.78 is 5.78. The normalized spacial score (nSPS) is 24.4. The molecule has 1 aromatic carbocycles. The van der Waals surface area contributed by atoms with E-state index in [1.807, 2.05) is 42.2 Å². The Morgan fingerprint density at radius 3 is 2.75 bits per heavy atom. The standard InChI is InChI=1S/C16H24N2O2/c1-3-14-11-18(10-12(2)20-14)16(19)15(17)9-13-7-5-4-6-8-13/h4-8,12,14-15H,3,9-11,17H2,1-2H3/t12-,14+,15+/m1/s1. The first-order valence-electron chi connectivity index (χ1n) is 7.34. The van der Waals surface area contributed by atoms with Crippen molar-refractivity contribution < 1.29 is 9.53 Å². The summed E-state index contributed by atoms with van der Waals surface area (Å²) in [5.74, 6) is 0.0300. The molecular weight excluding hydrogens is 252 g/mol. The van der Waals surface area contributed by atoms with E-state index in [1.54, 1.807) is 0 Å². The van der Waals surface area contributed by atoms with Crippen LogP contribution in [-0.4, -0.2) is 42.1 Å². The van der Waals surface area contributed by atoms with Gasteiger partial charge < -0.3 is 15.4 Å². The Morgan fingerprint density at radius 2 is 2.10 bits per heavy atom. The minimum atomic E-state index is -0.472. The molecule has 0 saturated carbocycles. The number of amides is 1. The second kappa shape index (κ2) is 6.86. The van der Waals surface area contributed by atoms with E-state index in [2.05, 4.69) is 6.92 Å². The van der Waals surface area contributed by atoms with E-state index in [1.165, 1.54) is 0 Å². The van der Waals surface area contributed by atoms with E-state index >= 15 is 0 Å². The fourth-order valence-corrected chi connectivity index (χ4v) is 2.64. The van der Waals surface area contributed by atoms with Gasteiger partial charge in [0.05, 0.1) is 18.2 Å². The van der Waals surface area contributed by atoms with Crippen molar-refractivity contribution in [3.05, 3.63) is 35.9 Å². The lowest BCUT2D eigenvalue weighted by Gasteiger charge is -2.37. The molecule has 0 unspecified atom stereocenters. The molecule has 110 valence electrons. The maximum Gasteiger partial charge on any atom is 0.240 e. The lowest BCUT2D eigenvalue weighted by Crippen LogP contribution is -2.54. The predicted molar refractivity (Wildman–Crippen MR) is 79.3 cm³/mol. The Bertz CT molecular complexity index is 435. The number of hydrogen-bond acceptors (Lipinski definition) is 3. The minimum Gasteiger partial charge on any atom is -0.372 e. The Morgan fingerprint density at radius 1 is 1.40 bits per heavy atom. The first-order valence-corrected chi connectivity index (χ1v) is 7.34. The summed E-state index contributed by atoms with van der Waals surface area (Å²) in [6.45, 7) is 5.38. The maximum absolute atomic E-state index is 12.5. The van der Waals surface area contributed by atoms with E-state index < -0.39 is 6.04 Å². The zero-order valence-electron chi connectivity index (χ0n) is 12.3. The number of carbonyl (C=O) groups excluding carboxylic acids is 1. The van der Waals surface area contributed by atoms with Crippen LogP contribution in [0.25, 0.3) is 0 Å². The van der Waals surface area contributed by atoms with Crippen LogP contribution in [0.3, 0.4) is 0 Å². The Labute approximate surface area is 120 Å². The lowest BCUT2D eigenvalue weighted by atomic mass is 10.0. The first-order chi connectivity index (χ1) is 9.60. The van der Waals surface area contributed by atoms with Gasteiger partial charge in [0, 0.05) is 13.1 Å². The van der Waals surface area contributed by atoms with Gasteiger partial charge in [0.2, 0.25) is 5.91 Å². The van der Waals surface area contributed by atoms with Gasteiger partial charge in [0.25, 0.3) is 0 Å². The summed E-state index contributed by atoms with van der Waals surface area (Å²) in [6, 6.07) is 9.44. The molecule has 1 heterocycles. The van der Waals surface area contributed by atoms with Gasteiger partial charge in [0.1, 0.15) is 0 Å². The van der Waals surface area contributed by atoms with Gasteiger partial charge in [-0.2, -0.15) is 0 Å². The van der Waals surface area contributed by atoms with Crippen molar-refractivity contribution >= 4 is 5.91 Å². The molecule has 3 atom stereocenters. The van der Waals surface area contributed by atoms with E-state index in [9.17, 15) is 4.79 Å². The summed E-state index contributed by atoms with van der Waals surface area (Å²) in [6.07, 6.45) is 1.72. The van der Waals surface area contributed by atoms with Gasteiger partial charge >= 0.3 is 0 Å². The van der Waals surface area contributed by atoms with Gasteiger partial charge in [0.15, 0.2) is 0 Å². The van der Waals surface area contributed by atoms with Crippen LogP contribution < -0.4 is 5.73 Å². The second-order valence-electron chi connectivity index (χ2n) is 5.52. The number of nitrogens with two attached hydrogens (primary N) is 1. The van der Waals surface area contributed by atoms with Crippen LogP contribution in [0, 0.1) is 0 Å². The van der Waals surface area contributed by atoms with Crippen LogP contribution in [0.4, 0.5) is 0 Å². The van der Waals surface area contributed by atoms with Gasteiger partial charge in [-0.3, -0.25) is 4.79 Å². The highest BCUT2D eigenvalue weighted by Crippen LogP contribution is 2.15. The molecule has 20 heavy (non-hydrogen) atoms. The third-order valence-corrected chi connectivity index (χ3v) is 3.71. The predicted octanol–water partition coefficient (Wildman–Crippen LogP) is 1.58. The Kier molecular flexibility index (Phi) is 5.15. The van der Waals surface area contributed by atoms with Crippen LogP contribution in [0.5, 0.6) is 0 Å². The molecule has 0 spiro atoms. The molecule has 0 aliphatic carbocycles. The Balaban J connectivity index is 1.95. The highest BCUT2D eigenvalue weighted by Gasteiger charge is 2.30. The molecule has 1 aliphatic heterocycles. The van der Waals surface area contributed by atoms with Crippen LogP contribution in [0.2, 0.25) is 0 Å². The maximum atomic E-state index is 12.5.